The number of rotatable bonds is 2. The van der Waals surface area contributed by atoms with Crippen molar-refractivity contribution in [3.05, 3.63) is 30.5 Å². The van der Waals surface area contributed by atoms with Gasteiger partial charge in [0, 0.05) is 6.20 Å². The zero-order valence-electron chi connectivity index (χ0n) is 6.54. The van der Waals surface area contributed by atoms with Crippen molar-refractivity contribution < 1.29 is 9.21 Å². The van der Waals surface area contributed by atoms with Gasteiger partial charge < -0.3 is 4.42 Å². The van der Waals surface area contributed by atoms with E-state index in [2.05, 4.69) is 15.0 Å². The summed E-state index contributed by atoms with van der Waals surface area (Å²) in [6, 6.07) is 1.65. The fourth-order valence-electron chi connectivity index (χ4n) is 0.877. The highest BCUT2D eigenvalue weighted by Gasteiger charge is 2.05. The molecule has 64 valence electrons. The van der Waals surface area contributed by atoms with Crippen LogP contribution in [0.3, 0.4) is 0 Å². The summed E-state index contributed by atoms with van der Waals surface area (Å²) in [7, 11) is 0. The van der Waals surface area contributed by atoms with Crippen molar-refractivity contribution in [3.8, 4) is 11.6 Å². The predicted molar refractivity (Wildman–Crippen MR) is 42.9 cm³/mol. The van der Waals surface area contributed by atoms with Crippen molar-refractivity contribution in [2.24, 2.45) is 0 Å². The third-order valence-corrected chi connectivity index (χ3v) is 1.44. The molecule has 0 fully saturated rings. The van der Waals surface area contributed by atoms with E-state index in [-0.39, 0.29) is 5.76 Å². The Morgan fingerprint density at radius 1 is 1.38 bits per heavy atom. The molecule has 0 aliphatic rings. The Balaban J connectivity index is 2.41. The van der Waals surface area contributed by atoms with Crippen LogP contribution in [0.2, 0.25) is 0 Å². The molecule has 2 rings (SSSR count). The Labute approximate surface area is 73.5 Å². The molecule has 0 aromatic carbocycles. The number of nitrogens with zero attached hydrogens (tertiary/aromatic N) is 3. The molecule has 0 atom stereocenters. The van der Waals surface area contributed by atoms with Gasteiger partial charge in [-0.25, -0.2) is 15.0 Å². The average Bonchev–Trinajstić information content (AvgIpc) is 2.67. The number of aldehydes is 1. The number of hydrogen-bond acceptors (Lipinski definition) is 5. The summed E-state index contributed by atoms with van der Waals surface area (Å²) < 4.78 is 5.05. The molecule has 0 amide bonds. The molecule has 0 aliphatic carbocycles. The molecule has 0 unspecified atom stereocenters. The van der Waals surface area contributed by atoms with Gasteiger partial charge in [0.15, 0.2) is 12.0 Å². The van der Waals surface area contributed by atoms with Gasteiger partial charge in [-0.2, -0.15) is 0 Å². The van der Waals surface area contributed by atoms with Gasteiger partial charge in [0.05, 0.1) is 6.20 Å². The summed E-state index contributed by atoms with van der Waals surface area (Å²) in [6.07, 6.45) is 4.91. The third-order valence-electron chi connectivity index (χ3n) is 1.44. The highest BCUT2D eigenvalue weighted by atomic mass is 16.4. The van der Waals surface area contributed by atoms with E-state index < -0.39 is 0 Å². The lowest BCUT2D eigenvalue weighted by Gasteiger charge is -1.90. The van der Waals surface area contributed by atoms with Crippen LogP contribution in [0.4, 0.5) is 0 Å². The van der Waals surface area contributed by atoms with Gasteiger partial charge >= 0.3 is 0 Å². The van der Waals surface area contributed by atoms with Crippen molar-refractivity contribution in [1.29, 1.82) is 0 Å². The summed E-state index contributed by atoms with van der Waals surface area (Å²) >= 11 is 0. The van der Waals surface area contributed by atoms with E-state index >= 15 is 0 Å². The van der Waals surface area contributed by atoms with E-state index in [0.717, 1.165) is 0 Å². The standard InChI is InChI=1S/C8H5N3O2/c12-4-6-3-10-8(13-6)7-1-2-9-5-11-7/h1-5H. The molecule has 0 saturated heterocycles. The number of oxazole rings is 1. The quantitative estimate of drug-likeness (QED) is 0.635. The lowest BCUT2D eigenvalue weighted by Crippen LogP contribution is -1.82. The van der Waals surface area contributed by atoms with Crippen molar-refractivity contribution in [3.63, 3.8) is 0 Å². The van der Waals surface area contributed by atoms with Crippen LogP contribution >= 0.6 is 0 Å². The maximum absolute atomic E-state index is 10.3. The van der Waals surface area contributed by atoms with Crippen LogP contribution in [0.25, 0.3) is 11.6 Å². The minimum atomic E-state index is 0.189. The van der Waals surface area contributed by atoms with Crippen LogP contribution in [-0.2, 0) is 0 Å². The maximum atomic E-state index is 10.3. The fraction of sp³-hybridized carbons (Fsp3) is 0. The van der Waals surface area contributed by atoms with Crippen LogP contribution < -0.4 is 0 Å². The summed E-state index contributed by atoms with van der Waals surface area (Å²) in [5.74, 6) is 0.512. The molecule has 5 heteroatoms. The Morgan fingerprint density at radius 2 is 2.31 bits per heavy atom. The first kappa shape index (κ1) is 7.60. The monoisotopic (exact) mass is 175 g/mol. The normalized spacial score (nSPS) is 9.85. The molecular formula is C8H5N3O2. The van der Waals surface area contributed by atoms with Crippen LogP contribution in [0.15, 0.2) is 29.2 Å². The van der Waals surface area contributed by atoms with Gasteiger partial charge in [0.1, 0.15) is 12.0 Å². The Bertz CT molecular complexity index is 410. The number of aromatic nitrogens is 3. The average molecular weight is 175 g/mol. The predicted octanol–water partition coefficient (Wildman–Crippen LogP) is 0.944. The molecule has 2 aromatic heterocycles. The van der Waals surface area contributed by atoms with Crippen LogP contribution in [0.1, 0.15) is 10.6 Å². The second-order valence-corrected chi connectivity index (χ2v) is 2.28. The largest absolute Gasteiger partial charge is 0.432 e. The molecule has 5 nitrogen and oxygen atoms in total. The Hall–Kier alpha value is -2.04. The minimum absolute atomic E-state index is 0.189. The molecule has 0 bridgehead atoms. The lowest BCUT2D eigenvalue weighted by atomic mass is 10.4. The van der Waals surface area contributed by atoms with Gasteiger partial charge in [0.25, 0.3) is 0 Å². The van der Waals surface area contributed by atoms with Crippen molar-refractivity contribution in [1.82, 2.24) is 15.0 Å². The first-order valence-electron chi connectivity index (χ1n) is 3.57. The SMILES string of the molecule is O=Cc1cnc(-c2ccncn2)o1. The van der Waals surface area contributed by atoms with Gasteiger partial charge in [-0.3, -0.25) is 4.79 Å². The number of hydrogen-bond donors (Lipinski definition) is 0. The summed E-state index contributed by atoms with van der Waals surface area (Å²) in [5, 5.41) is 0. The molecule has 0 saturated carbocycles. The van der Waals surface area contributed by atoms with Gasteiger partial charge in [-0.05, 0) is 6.07 Å². The Morgan fingerprint density at radius 3 is 2.92 bits per heavy atom. The zero-order chi connectivity index (χ0) is 9.10. The lowest BCUT2D eigenvalue weighted by molar-refractivity contribution is 0.110. The van der Waals surface area contributed by atoms with Crippen molar-refractivity contribution in [2.45, 2.75) is 0 Å². The van der Waals surface area contributed by atoms with E-state index in [1.165, 1.54) is 12.5 Å². The zero-order valence-corrected chi connectivity index (χ0v) is 6.54. The van der Waals surface area contributed by atoms with Gasteiger partial charge in [-0.15, -0.1) is 0 Å². The third kappa shape index (κ3) is 1.44. The molecule has 13 heavy (non-hydrogen) atoms. The maximum Gasteiger partial charge on any atom is 0.245 e. The van der Waals surface area contributed by atoms with Gasteiger partial charge in [-0.1, -0.05) is 0 Å². The van der Waals surface area contributed by atoms with E-state index in [1.807, 2.05) is 0 Å². The molecule has 0 spiro atoms. The molecule has 2 heterocycles. The van der Waals surface area contributed by atoms with Crippen molar-refractivity contribution >= 4 is 6.29 Å². The highest BCUT2D eigenvalue weighted by molar-refractivity contribution is 5.70. The van der Waals surface area contributed by atoms with Gasteiger partial charge in [0.2, 0.25) is 5.89 Å². The second kappa shape index (κ2) is 3.14. The Kier molecular flexibility index (Phi) is 1.84. The smallest absolute Gasteiger partial charge is 0.245 e. The minimum Gasteiger partial charge on any atom is -0.432 e. The summed E-state index contributed by atoms with van der Waals surface area (Å²) in [5.41, 5.74) is 0.558. The van der Waals surface area contributed by atoms with E-state index in [4.69, 9.17) is 4.42 Å². The first-order valence-corrected chi connectivity index (χ1v) is 3.57. The topological polar surface area (TPSA) is 68.9 Å². The summed E-state index contributed by atoms with van der Waals surface area (Å²) in [6.45, 7) is 0. The molecule has 2 aromatic rings. The van der Waals surface area contributed by atoms with E-state index in [1.54, 1.807) is 12.3 Å². The van der Waals surface area contributed by atoms with Crippen LogP contribution in [0, 0.1) is 0 Å². The summed E-state index contributed by atoms with van der Waals surface area (Å²) in [4.78, 5) is 21.8. The molecular weight excluding hydrogens is 170 g/mol. The van der Waals surface area contributed by atoms with Crippen LogP contribution in [0.5, 0.6) is 0 Å². The van der Waals surface area contributed by atoms with E-state index in [0.29, 0.717) is 17.9 Å². The highest BCUT2D eigenvalue weighted by Crippen LogP contribution is 2.13. The van der Waals surface area contributed by atoms with E-state index in [9.17, 15) is 4.79 Å². The van der Waals surface area contributed by atoms with Crippen LogP contribution in [-0.4, -0.2) is 21.2 Å². The first-order chi connectivity index (χ1) is 6.40. The molecule has 0 radical (unpaired) electrons. The second-order valence-electron chi connectivity index (χ2n) is 2.28. The molecule has 0 aliphatic heterocycles. The number of carbonyl (C=O) groups is 1. The molecule has 0 N–H and O–H groups in total. The fourth-order valence-corrected chi connectivity index (χ4v) is 0.877. The van der Waals surface area contributed by atoms with Crippen molar-refractivity contribution in [2.75, 3.05) is 0 Å². The number of carbonyl (C=O) groups excluding carboxylic acids is 1.